The molecule has 0 atom stereocenters. The molecule has 1 saturated carbocycles. The van der Waals surface area contributed by atoms with Gasteiger partial charge in [0.05, 0.1) is 18.4 Å². The normalized spacial score (nSPS) is 22.1. The van der Waals surface area contributed by atoms with Crippen molar-refractivity contribution in [1.29, 1.82) is 0 Å². The minimum atomic E-state index is -0.270. The standard InChI is InChI=1S/C15H22FN3O/c1-15(2)10-19(5-6-20-15)14-11(7-12(16)9-18-14)8-17-13-3-4-13/h7,9,13,17H,3-6,8,10H2,1-2H3. The van der Waals surface area contributed by atoms with Crippen LogP contribution in [0.1, 0.15) is 32.3 Å². The van der Waals surface area contributed by atoms with Gasteiger partial charge in [0.15, 0.2) is 0 Å². The van der Waals surface area contributed by atoms with E-state index in [-0.39, 0.29) is 11.4 Å². The van der Waals surface area contributed by atoms with E-state index in [1.165, 1.54) is 19.0 Å². The van der Waals surface area contributed by atoms with Crippen LogP contribution in [-0.2, 0) is 11.3 Å². The van der Waals surface area contributed by atoms with Crippen LogP contribution in [-0.4, -0.2) is 36.3 Å². The summed E-state index contributed by atoms with van der Waals surface area (Å²) in [5, 5.41) is 3.44. The Kier molecular flexibility index (Phi) is 3.65. The number of nitrogens with one attached hydrogen (secondary N) is 1. The lowest BCUT2D eigenvalue weighted by Crippen LogP contribution is -2.49. The summed E-state index contributed by atoms with van der Waals surface area (Å²) in [7, 11) is 0. The molecule has 0 aromatic carbocycles. The van der Waals surface area contributed by atoms with Crippen LogP contribution >= 0.6 is 0 Å². The van der Waals surface area contributed by atoms with Crippen LogP contribution in [0.5, 0.6) is 0 Å². The Morgan fingerprint density at radius 2 is 2.30 bits per heavy atom. The highest BCUT2D eigenvalue weighted by atomic mass is 19.1. The average molecular weight is 279 g/mol. The third-order valence-electron chi connectivity index (χ3n) is 3.79. The van der Waals surface area contributed by atoms with E-state index in [0.717, 1.165) is 24.5 Å². The van der Waals surface area contributed by atoms with Gasteiger partial charge in [-0.3, -0.25) is 0 Å². The Morgan fingerprint density at radius 3 is 3.00 bits per heavy atom. The SMILES string of the molecule is CC1(C)CN(c2ncc(F)cc2CNC2CC2)CCO1. The van der Waals surface area contributed by atoms with Crippen molar-refractivity contribution in [3.8, 4) is 0 Å². The molecule has 0 radical (unpaired) electrons. The maximum absolute atomic E-state index is 13.5. The third-order valence-corrected chi connectivity index (χ3v) is 3.79. The maximum atomic E-state index is 13.5. The molecule has 2 fully saturated rings. The fraction of sp³-hybridized carbons (Fsp3) is 0.667. The van der Waals surface area contributed by atoms with E-state index >= 15 is 0 Å². The first kappa shape index (κ1) is 13.8. The van der Waals surface area contributed by atoms with Gasteiger partial charge < -0.3 is 15.0 Å². The van der Waals surface area contributed by atoms with Gasteiger partial charge in [0.25, 0.3) is 0 Å². The lowest BCUT2D eigenvalue weighted by molar-refractivity contribution is -0.0279. The van der Waals surface area contributed by atoms with Gasteiger partial charge in [0, 0.05) is 31.2 Å². The minimum Gasteiger partial charge on any atom is -0.372 e. The first-order chi connectivity index (χ1) is 9.53. The fourth-order valence-corrected chi connectivity index (χ4v) is 2.63. The zero-order chi connectivity index (χ0) is 14.2. The Bertz CT molecular complexity index is 488. The van der Waals surface area contributed by atoms with E-state index in [1.807, 2.05) is 0 Å². The fourth-order valence-electron chi connectivity index (χ4n) is 2.63. The molecule has 4 nitrogen and oxygen atoms in total. The molecule has 5 heteroatoms. The van der Waals surface area contributed by atoms with Crippen LogP contribution in [0.2, 0.25) is 0 Å². The quantitative estimate of drug-likeness (QED) is 0.916. The van der Waals surface area contributed by atoms with Gasteiger partial charge in [0.1, 0.15) is 11.6 Å². The second-order valence-electron chi connectivity index (χ2n) is 6.32. The number of ether oxygens (including phenoxy) is 1. The summed E-state index contributed by atoms with van der Waals surface area (Å²) < 4.78 is 19.2. The molecule has 2 heterocycles. The van der Waals surface area contributed by atoms with Crippen molar-refractivity contribution in [2.24, 2.45) is 0 Å². The summed E-state index contributed by atoms with van der Waals surface area (Å²) in [6.07, 6.45) is 3.75. The molecule has 0 unspecified atom stereocenters. The molecule has 1 aromatic heterocycles. The number of rotatable bonds is 4. The maximum Gasteiger partial charge on any atom is 0.141 e. The Balaban J connectivity index is 1.79. The van der Waals surface area contributed by atoms with Crippen molar-refractivity contribution < 1.29 is 9.13 Å². The predicted molar refractivity (Wildman–Crippen MR) is 76.3 cm³/mol. The van der Waals surface area contributed by atoms with Gasteiger partial charge in [-0.05, 0) is 32.8 Å². The van der Waals surface area contributed by atoms with Gasteiger partial charge >= 0.3 is 0 Å². The largest absolute Gasteiger partial charge is 0.372 e. The molecule has 0 amide bonds. The highest BCUT2D eigenvalue weighted by Crippen LogP contribution is 2.26. The Morgan fingerprint density at radius 1 is 1.50 bits per heavy atom. The molecule has 1 saturated heterocycles. The van der Waals surface area contributed by atoms with Crippen LogP contribution in [0, 0.1) is 5.82 Å². The molecule has 0 bridgehead atoms. The smallest absolute Gasteiger partial charge is 0.141 e. The molecule has 1 aliphatic heterocycles. The highest BCUT2D eigenvalue weighted by molar-refractivity contribution is 5.47. The van der Waals surface area contributed by atoms with Crippen molar-refractivity contribution in [2.45, 2.75) is 44.9 Å². The van der Waals surface area contributed by atoms with Crippen molar-refractivity contribution in [3.63, 3.8) is 0 Å². The lowest BCUT2D eigenvalue weighted by Gasteiger charge is -2.39. The van der Waals surface area contributed by atoms with Crippen LogP contribution in [0.3, 0.4) is 0 Å². The number of nitrogens with zero attached hydrogens (tertiary/aromatic N) is 2. The van der Waals surface area contributed by atoms with E-state index in [1.54, 1.807) is 6.07 Å². The molecule has 1 N–H and O–H groups in total. The van der Waals surface area contributed by atoms with Gasteiger partial charge in [-0.2, -0.15) is 0 Å². The summed E-state index contributed by atoms with van der Waals surface area (Å²) in [6, 6.07) is 2.20. The number of hydrogen-bond donors (Lipinski definition) is 1. The van der Waals surface area contributed by atoms with E-state index < -0.39 is 0 Å². The second kappa shape index (κ2) is 5.30. The van der Waals surface area contributed by atoms with Crippen molar-refractivity contribution in [1.82, 2.24) is 10.3 Å². The molecule has 2 aliphatic rings. The number of hydrogen-bond acceptors (Lipinski definition) is 4. The third kappa shape index (κ3) is 3.27. The molecular formula is C15H22FN3O. The van der Waals surface area contributed by atoms with Gasteiger partial charge in [-0.25, -0.2) is 9.37 Å². The van der Waals surface area contributed by atoms with Crippen LogP contribution < -0.4 is 10.2 Å². The monoisotopic (exact) mass is 279 g/mol. The summed E-state index contributed by atoms with van der Waals surface area (Å²) >= 11 is 0. The average Bonchev–Trinajstić information content (AvgIpc) is 3.19. The topological polar surface area (TPSA) is 37.4 Å². The second-order valence-corrected chi connectivity index (χ2v) is 6.32. The molecule has 0 spiro atoms. The summed E-state index contributed by atoms with van der Waals surface area (Å²) in [5.74, 6) is 0.616. The van der Waals surface area contributed by atoms with Crippen LogP contribution in [0.15, 0.2) is 12.3 Å². The van der Waals surface area contributed by atoms with E-state index in [0.29, 0.717) is 19.2 Å². The number of halogens is 1. The van der Waals surface area contributed by atoms with Crippen LogP contribution in [0.4, 0.5) is 10.2 Å². The number of pyridine rings is 1. The van der Waals surface area contributed by atoms with Gasteiger partial charge in [-0.1, -0.05) is 0 Å². The highest BCUT2D eigenvalue weighted by Gasteiger charge is 2.29. The van der Waals surface area contributed by atoms with Crippen LogP contribution in [0.25, 0.3) is 0 Å². The molecule has 20 heavy (non-hydrogen) atoms. The summed E-state index contributed by atoms with van der Waals surface area (Å²) in [6.45, 7) is 7.10. The lowest BCUT2D eigenvalue weighted by atomic mass is 10.1. The first-order valence-electron chi connectivity index (χ1n) is 7.30. The van der Waals surface area contributed by atoms with Gasteiger partial charge in [-0.15, -0.1) is 0 Å². The zero-order valence-corrected chi connectivity index (χ0v) is 12.2. The summed E-state index contributed by atoms with van der Waals surface area (Å²) in [5.41, 5.74) is 0.754. The minimum absolute atomic E-state index is 0.185. The van der Waals surface area contributed by atoms with Crippen molar-refractivity contribution in [3.05, 3.63) is 23.6 Å². The Labute approximate surface area is 119 Å². The summed E-state index contributed by atoms with van der Waals surface area (Å²) in [4.78, 5) is 6.52. The predicted octanol–water partition coefficient (Wildman–Crippen LogP) is 2.09. The number of morpholine rings is 1. The molecular weight excluding hydrogens is 257 g/mol. The number of anilines is 1. The van der Waals surface area contributed by atoms with E-state index in [2.05, 4.69) is 29.0 Å². The number of aromatic nitrogens is 1. The molecule has 1 aliphatic carbocycles. The molecule has 3 rings (SSSR count). The van der Waals surface area contributed by atoms with E-state index in [9.17, 15) is 4.39 Å². The van der Waals surface area contributed by atoms with Crippen molar-refractivity contribution >= 4 is 5.82 Å². The molecule has 110 valence electrons. The van der Waals surface area contributed by atoms with E-state index in [4.69, 9.17) is 4.74 Å². The van der Waals surface area contributed by atoms with Crippen molar-refractivity contribution in [2.75, 3.05) is 24.6 Å². The zero-order valence-electron chi connectivity index (χ0n) is 12.2. The van der Waals surface area contributed by atoms with Gasteiger partial charge in [0.2, 0.25) is 0 Å². The molecule has 1 aromatic rings. The Hall–Kier alpha value is -1.20. The first-order valence-corrected chi connectivity index (χ1v) is 7.30.